The summed E-state index contributed by atoms with van der Waals surface area (Å²) in [4.78, 5) is 27.7. The average Bonchev–Trinajstić information content (AvgIpc) is 2.77. The van der Waals surface area contributed by atoms with Gasteiger partial charge in [-0.05, 0) is 56.5 Å². The summed E-state index contributed by atoms with van der Waals surface area (Å²) in [5, 5.41) is 3.71. The Morgan fingerprint density at radius 3 is 2.26 bits per heavy atom. The van der Waals surface area contributed by atoms with Crippen LogP contribution < -0.4 is 9.62 Å². The van der Waals surface area contributed by atoms with Gasteiger partial charge in [-0.25, -0.2) is 8.42 Å². The van der Waals surface area contributed by atoms with E-state index < -0.39 is 28.5 Å². The monoisotopic (exact) mass is 527 g/mol. The minimum atomic E-state index is -3.83. The lowest BCUT2D eigenvalue weighted by atomic mass is 10.1. The zero-order chi connectivity index (χ0) is 25.6. The van der Waals surface area contributed by atoms with Crippen molar-refractivity contribution in [1.29, 1.82) is 0 Å². The van der Waals surface area contributed by atoms with E-state index in [2.05, 4.69) is 5.32 Å². The summed E-state index contributed by atoms with van der Waals surface area (Å²) in [5.41, 5.74) is 1.69. The normalized spacial score (nSPS) is 13.1. The molecule has 2 atom stereocenters. The predicted molar refractivity (Wildman–Crippen MR) is 138 cm³/mol. The number of hydrogen-bond donors (Lipinski definition) is 1. The number of anilines is 1. The van der Waals surface area contributed by atoms with Gasteiger partial charge in [-0.15, -0.1) is 0 Å². The quantitative estimate of drug-likeness (QED) is 0.495. The predicted octanol–water partition coefficient (Wildman–Crippen LogP) is 4.40. The first-order valence-electron chi connectivity index (χ1n) is 10.9. The van der Waals surface area contributed by atoms with Crippen molar-refractivity contribution in [2.45, 2.75) is 52.7 Å². The van der Waals surface area contributed by atoms with E-state index in [0.29, 0.717) is 15.6 Å². The van der Waals surface area contributed by atoms with E-state index in [-0.39, 0.29) is 24.2 Å². The molecule has 0 bridgehead atoms. The van der Waals surface area contributed by atoms with E-state index in [1.807, 2.05) is 13.8 Å². The fraction of sp³-hybridized carbons (Fsp3) is 0.417. The van der Waals surface area contributed by atoms with Gasteiger partial charge in [0.15, 0.2) is 0 Å². The van der Waals surface area contributed by atoms with Gasteiger partial charge in [-0.3, -0.25) is 13.9 Å². The van der Waals surface area contributed by atoms with Crippen molar-refractivity contribution in [3.63, 3.8) is 0 Å². The third kappa shape index (κ3) is 7.35. The molecule has 0 radical (unpaired) electrons. The van der Waals surface area contributed by atoms with Crippen LogP contribution in [0.15, 0.2) is 42.5 Å². The molecule has 0 aliphatic heterocycles. The number of nitrogens with zero attached hydrogens (tertiary/aromatic N) is 2. The minimum Gasteiger partial charge on any atom is -0.352 e. The molecule has 10 heteroatoms. The van der Waals surface area contributed by atoms with Gasteiger partial charge in [0.25, 0.3) is 0 Å². The average molecular weight is 529 g/mol. The molecule has 2 rings (SSSR count). The van der Waals surface area contributed by atoms with Gasteiger partial charge in [-0.2, -0.15) is 0 Å². The fourth-order valence-electron chi connectivity index (χ4n) is 3.21. The Bertz CT molecular complexity index is 1140. The van der Waals surface area contributed by atoms with Crippen LogP contribution >= 0.6 is 23.2 Å². The van der Waals surface area contributed by atoms with Gasteiger partial charge >= 0.3 is 0 Å². The van der Waals surface area contributed by atoms with E-state index in [0.717, 1.165) is 22.5 Å². The number of hydrogen-bond acceptors (Lipinski definition) is 4. The van der Waals surface area contributed by atoms with Crippen LogP contribution in [0.3, 0.4) is 0 Å². The Labute approximate surface area is 212 Å². The number of amides is 2. The molecule has 0 unspecified atom stereocenters. The summed E-state index contributed by atoms with van der Waals surface area (Å²) < 4.78 is 26.2. The summed E-state index contributed by atoms with van der Waals surface area (Å²) >= 11 is 12.5. The van der Waals surface area contributed by atoms with Crippen molar-refractivity contribution >= 4 is 50.7 Å². The zero-order valence-electron chi connectivity index (χ0n) is 20.0. The largest absolute Gasteiger partial charge is 0.352 e. The number of benzene rings is 2. The third-order valence-corrected chi connectivity index (χ3v) is 7.51. The second-order valence-corrected chi connectivity index (χ2v) is 11.0. The van der Waals surface area contributed by atoms with Crippen molar-refractivity contribution in [2.75, 3.05) is 17.1 Å². The molecule has 1 N–H and O–H groups in total. The smallest absolute Gasteiger partial charge is 0.244 e. The Morgan fingerprint density at radius 2 is 1.71 bits per heavy atom. The summed E-state index contributed by atoms with van der Waals surface area (Å²) in [7, 11) is -3.83. The number of aryl methyl sites for hydroxylation is 1. The number of carbonyl (C=O) groups excluding carboxylic acids is 2. The van der Waals surface area contributed by atoms with Crippen LogP contribution in [-0.2, 0) is 26.2 Å². The highest BCUT2D eigenvalue weighted by atomic mass is 35.5. The summed E-state index contributed by atoms with van der Waals surface area (Å²) in [5.74, 6) is -0.882. The third-order valence-electron chi connectivity index (χ3n) is 5.59. The molecule has 0 saturated heterocycles. The Balaban J connectivity index is 2.42. The first-order chi connectivity index (χ1) is 15.8. The standard InChI is InChI=1S/C24H31Cl2N3O4S/c1-6-17(3)27-24(31)18(4)28(14-19-9-7-8-10-21(19)25)23(30)15-29(34(5,32)33)20-12-11-16(2)22(26)13-20/h7-13,17-18H,6,14-15H2,1-5H3,(H,27,31)/t17-,18-/m0/s1. The van der Waals surface area contributed by atoms with Crippen LogP contribution in [0.2, 0.25) is 10.0 Å². The Hall–Kier alpha value is -2.29. The number of carbonyl (C=O) groups is 2. The second-order valence-electron chi connectivity index (χ2n) is 8.31. The van der Waals surface area contributed by atoms with Gasteiger partial charge in [-0.1, -0.05) is 54.4 Å². The molecule has 2 aromatic carbocycles. The Kier molecular flexibility index (Phi) is 9.79. The van der Waals surface area contributed by atoms with Crippen molar-refractivity contribution in [2.24, 2.45) is 0 Å². The van der Waals surface area contributed by atoms with Gasteiger partial charge in [0.05, 0.1) is 11.9 Å². The van der Waals surface area contributed by atoms with E-state index in [1.165, 1.54) is 11.0 Å². The highest BCUT2D eigenvalue weighted by Crippen LogP contribution is 2.26. The maximum atomic E-state index is 13.5. The molecule has 0 fully saturated rings. The van der Waals surface area contributed by atoms with Crippen molar-refractivity contribution < 1.29 is 18.0 Å². The van der Waals surface area contributed by atoms with Gasteiger partial charge in [0.1, 0.15) is 12.6 Å². The van der Waals surface area contributed by atoms with E-state index in [9.17, 15) is 18.0 Å². The number of sulfonamides is 1. The minimum absolute atomic E-state index is 0.0415. The van der Waals surface area contributed by atoms with Crippen molar-refractivity contribution in [3.8, 4) is 0 Å². The van der Waals surface area contributed by atoms with Crippen molar-refractivity contribution in [3.05, 3.63) is 63.6 Å². The highest BCUT2D eigenvalue weighted by molar-refractivity contribution is 7.92. The first kappa shape index (κ1) is 28.0. The Morgan fingerprint density at radius 1 is 1.06 bits per heavy atom. The lowest BCUT2D eigenvalue weighted by molar-refractivity contribution is -0.139. The SMILES string of the molecule is CC[C@H](C)NC(=O)[C@H](C)N(Cc1ccccc1Cl)C(=O)CN(c1ccc(C)c(Cl)c1)S(C)(=O)=O. The summed E-state index contributed by atoms with van der Waals surface area (Å²) in [6, 6.07) is 10.8. The fourth-order valence-corrected chi connectivity index (χ4v) is 4.42. The van der Waals surface area contributed by atoms with Crippen LogP contribution in [0.1, 0.15) is 38.3 Å². The lowest BCUT2D eigenvalue weighted by Crippen LogP contribution is -2.52. The highest BCUT2D eigenvalue weighted by Gasteiger charge is 2.31. The topological polar surface area (TPSA) is 86.8 Å². The lowest BCUT2D eigenvalue weighted by Gasteiger charge is -2.32. The van der Waals surface area contributed by atoms with Gasteiger partial charge in [0, 0.05) is 22.6 Å². The number of nitrogens with one attached hydrogen (secondary N) is 1. The molecule has 0 aliphatic carbocycles. The van der Waals surface area contributed by atoms with Gasteiger partial charge in [0.2, 0.25) is 21.8 Å². The molecule has 2 aromatic rings. The van der Waals surface area contributed by atoms with Crippen molar-refractivity contribution in [1.82, 2.24) is 10.2 Å². The first-order valence-corrected chi connectivity index (χ1v) is 13.5. The van der Waals surface area contributed by atoms with Crippen LogP contribution in [0.25, 0.3) is 0 Å². The molecule has 0 aliphatic rings. The molecule has 34 heavy (non-hydrogen) atoms. The van der Waals surface area contributed by atoms with Crippen LogP contribution in [0.5, 0.6) is 0 Å². The molecule has 0 heterocycles. The van der Waals surface area contributed by atoms with Crippen LogP contribution in [0.4, 0.5) is 5.69 Å². The maximum absolute atomic E-state index is 13.5. The maximum Gasteiger partial charge on any atom is 0.244 e. The summed E-state index contributed by atoms with van der Waals surface area (Å²) in [6.45, 7) is 6.77. The number of halogens is 2. The van der Waals surface area contributed by atoms with Crippen LogP contribution in [-0.4, -0.2) is 50.0 Å². The molecule has 186 valence electrons. The molecular weight excluding hydrogens is 497 g/mol. The molecular formula is C24H31Cl2N3O4S. The zero-order valence-corrected chi connectivity index (χ0v) is 22.3. The summed E-state index contributed by atoms with van der Waals surface area (Å²) in [6.07, 6.45) is 1.75. The van der Waals surface area contributed by atoms with Crippen LogP contribution in [0, 0.1) is 6.92 Å². The van der Waals surface area contributed by atoms with E-state index in [1.54, 1.807) is 50.2 Å². The molecule has 0 aromatic heterocycles. The molecule has 0 saturated carbocycles. The molecule has 2 amide bonds. The second kappa shape index (κ2) is 11.9. The molecule has 0 spiro atoms. The molecule has 7 nitrogen and oxygen atoms in total. The van der Waals surface area contributed by atoms with E-state index in [4.69, 9.17) is 23.2 Å². The van der Waals surface area contributed by atoms with Gasteiger partial charge < -0.3 is 10.2 Å². The van der Waals surface area contributed by atoms with E-state index >= 15 is 0 Å². The number of rotatable bonds is 10.